The van der Waals surface area contributed by atoms with Crippen molar-refractivity contribution in [3.05, 3.63) is 0 Å². The van der Waals surface area contributed by atoms with Gasteiger partial charge in [-0.3, -0.25) is 9.59 Å². The number of carbonyl (C=O) groups is 2. The van der Waals surface area contributed by atoms with Crippen LogP contribution in [0.2, 0.25) is 0 Å². The van der Waals surface area contributed by atoms with Crippen molar-refractivity contribution in [2.45, 2.75) is 38.2 Å². The Morgan fingerprint density at radius 2 is 1.76 bits per heavy atom. The molecule has 0 spiro atoms. The lowest BCUT2D eigenvalue weighted by atomic mass is 9.62. The molecule has 1 aliphatic carbocycles. The third kappa shape index (κ3) is 2.29. The number of carbonyl (C=O) groups excluding carboxylic acids is 1. The van der Waals surface area contributed by atoms with Gasteiger partial charge in [0.05, 0.1) is 11.5 Å². The van der Waals surface area contributed by atoms with Crippen LogP contribution in [0.3, 0.4) is 0 Å². The predicted molar refractivity (Wildman–Crippen MR) is 60.3 cm³/mol. The van der Waals surface area contributed by atoms with E-state index in [0.29, 0.717) is 25.9 Å². The molecule has 2 N–H and O–H groups in total. The lowest BCUT2D eigenvalue weighted by Crippen LogP contribution is -2.55. The number of aliphatic carboxylic acids is 1. The molecule has 0 unspecified atom stereocenters. The molecule has 96 valence electrons. The predicted octanol–water partition coefficient (Wildman–Crippen LogP) is 0.471. The highest BCUT2D eigenvalue weighted by molar-refractivity contribution is 5.73. The molecular weight excluding hydrogens is 222 g/mol. The first-order chi connectivity index (χ1) is 7.92. The molecule has 0 bridgehead atoms. The van der Waals surface area contributed by atoms with E-state index in [1.54, 1.807) is 11.8 Å². The van der Waals surface area contributed by atoms with Crippen molar-refractivity contribution in [2.24, 2.45) is 11.8 Å². The summed E-state index contributed by atoms with van der Waals surface area (Å²) in [7, 11) is 0. The Balaban J connectivity index is 1.86. The summed E-state index contributed by atoms with van der Waals surface area (Å²) in [6, 6.07) is 0. The molecule has 2 fully saturated rings. The van der Waals surface area contributed by atoms with Crippen LogP contribution in [-0.2, 0) is 9.59 Å². The number of hydrogen-bond donors (Lipinski definition) is 2. The minimum atomic E-state index is -0.809. The average molecular weight is 241 g/mol. The summed E-state index contributed by atoms with van der Waals surface area (Å²) in [5, 5.41) is 19.1. The molecule has 0 radical (unpaired) electrons. The normalized spacial score (nSPS) is 34.2. The quantitative estimate of drug-likeness (QED) is 0.736. The number of amides is 1. The SMILES string of the molecule is CC(=O)N1CCC(C2(O)CC(C(=O)O)C2)CC1. The van der Waals surface area contributed by atoms with E-state index in [1.807, 2.05) is 0 Å². The third-order valence-electron chi connectivity index (χ3n) is 4.25. The van der Waals surface area contributed by atoms with Crippen molar-refractivity contribution in [1.82, 2.24) is 4.90 Å². The number of nitrogens with zero attached hydrogens (tertiary/aromatic N) is 1. The third-order valence-corrected chi connectivity index (χ3v) is 4.25. The Kier molecular flexibility index (Phi) is 3.12. The highest BCUT2D eigenvalue weighted by Crippen LogP contribution is 2.46. The van der Waals surface area contributed by atoms with Gasteiger partial charge in [-0.25, -0.2) is 0 Å². The molecule has 0 aromatic heterocycles. The molecule has 1 aliphatic heterocycles. The first-order valence-electron chi connectivity index (χ1n) is 6.13. The summed E-state index contributed by atoms with van der Waals surface area (Å²) in [4.78, 5) is 23.7. The van der Waals surface area contributed by atoms with Crippen LogP contribution < -0.4 is 0 Å². The van der Waals surface area contributed by atoms with Crippen molar-refractivity contribution in [1.29, 1.82) is 0 Å². The Bertz CT molecular complexity index is 327. The summed E-state index contributed by atoms with van der Waals surface area (Å²) in [6.07, 6.45) is 2.30. The number of carboxylic acids is 1. The van der Waals surface area contributed by atoms with Gasteiger partial charge < -0.3 is 15.1 Å². The zero-order chi connectivity index (χ0) is 12.6. The van der Waals surface area contributed by atoms with Crippen molar-refractivity contribution >= 4 is 11.9 Å². The average Bonchev–Trinajstić information content (AvgIpc) is 2.24. The van der Waals surface area contributed by atoms with Gasteiger partial charge in [0.1, 0.15) is 0 Å². The fourth-order valence-corrected chi connectivity index (χ4v) is 3.03. The summed E-state index contributed by atoms with van der Waals surface area (Å²) >= 11 is 0. The van der Waals surface area contributed by atoms with Gasteiger partial charge in [0, 0.05) is 20.0 Å². The molecule has 1 heterocycles. The molecule has 5 nitrogen and oxygen atoms in total. The highest BCUT2D eigenvalue weighted by Gasteiger charge is 2.51. The molecule has 17 heavy (non-hydrogen) atoms. The zero-order valence-corrected chi connectivity index (χ0v) is 10.1. The van der Waals surface area contributed by atoms with Crippen molar-refractivity contribution in [2.75, 3.05) is 13.1 Å². The van der Waals surface area contributed by atoms with Crippen LogP contribution in [0.5, 0.6) is 0 Å². The van der Waals surface area contributed by atoms with Gasteiger partial charge in [0.15, 0.2) is 0 Å². The lowest BCUT2D eigenvalue weighted by molar-refractivity contribution is -0.170. The van der Waals surface area contributed by atoms with E-state index in [9.17, 15) is 14.7 Å². The topological polar surface area (TPSA) is 77.8 Å². The molecule has 0 aromatic rings. The van der Waals surface area contributed by atoms with Crippen LogP contribution >= 0.6 is 0 Å². The maximum atomic E-state index is 11.2. The van der Waals surface area contributed by atoms with Gasteiger partial charge in [-0.1, -0.05) is 0 Å². The van der Waals surface area contributed by atoms with Gasteiger partial charge >= 0.3 is 5.97 Å². The summed E-state index contributed by atoms with van der Waals surface area (Å²) in [5.74, 6) is -0.970. The van der Waals surface area contributed by atoms with Gasteiger partial charge in [0.25, 0.3) is 0 Å². The Morgan fingerprint density at radius 1 is 1.24 bits per heavy atom. The molecule has 1 amide bonds. The number of carboxylic acid groups (broad SMARTS) is 1. The van der Waals surface area contributed by atoms with Gasteiger partial charge in [0.2, 0.25) is 5.91 Å². The first kappa shape index (κ1) is 12.4. The number of hydrogen-bond acceptors (Lipinski definition) is 3. The van der Waals surface area contributed by atoms with Crippen LogP contribution in [0.4, 0.5) is 0 Å². The van der Waals surface area contributed by atoms with E-state index >= 15 is 0 Å². The Hall–Kier alpha value is -1.10. The van der Waals surface area contributed by atoms with Crippen LogP contribution in [0.15, 0.2) is 0 Å². The van der Waals surface area contributed by atoms with Crippen molar-refractivity contribution < 1.29 is 19.8 Å². The molecule has 2 rings (SSSR count). The summed E-state index contributed by atoms with van der Waals surface area (Å²) in [5.41, 5.74) is -0.800. The molecule has 0 atom stereocenters. The first-order valence-corrected chi connectivity index (χ1v) is 6.13. The number of likely N-dealkylation sites (tertiary alicyclic amines) is 1. The second-order valence-corrected chi connectivity index (χ2v) is 5.33. The Morgan fingerprint density at radius 3 is 2.18 bits per heavy atom. The number of aliphatic hydroxyl groups is 1. The van der Waals surface area contributed by atoms with Crippen LogP contribution in [0, 0.1) is 11.8 Å². The summed E-state index contributed by atoms with van der Waals surface area (Å²) in [6.45, 7) is 2.92. The fourth-order valence-electron chi connectivity index (χ4n) is 3.03. The van der Waals surface area contributed by atoms with Gasteiger partial charge in [-0.15, -0.1) is 0 Å². The standard InChI is InChI=1S/C12H19NO4/c1-8(14)13-4-2-10(3-5-13)12(17)6-9(7-12)11(15)16/h9-10,17H,2-7H2,1H3,(H,15,16). The van der Waals surface area contributed by atoms with Crippen LogP contribution in [0.1, 0.15) is 32.6 Å². The summed E-state index contributed by atoms with van der Waals surface area (Å²) < 4.78 is 0. The van der Waals surface area contributed by atoms with E-state index in [0.717, 1.165) is 12.8 Å². The number of piperidine rings is 1. The van der Waals surface area contributed by atoms with Gasteiger partial charge in [-0.2, -0.15) is 0 Å². The Labute approximate surface area is 100 Å². The number of rotatable bonds is 2. The van der Waals surface area contributed by atoms with Crippen molar-refractivity contribution in [3.8, 4) is 0 Å². The monoisotopic (exact) mass is 241 g/mol. The second kappa shape index (κ2) is 4.29. The second-order valence-electron chi connectivity index (χ2n) is 5.33. The van der Waals surface area contributed by atoms with Gasteiger partial charge in [-0.05, 0) is 31.6 Å². The van der Waals surface area contributed by atoms with E-state index < -0.39 is 11.6 Å². The molecule has 5 heteroatoms. The van der Waals surface area contributed by atoms with Crippen LogP contribution in [0.25, 0.3) is 0 Å². The van der Waals surface area contributed by atoms with E-state index in [1.165, 1.54) is 0 Å². The van der Waals surface area contributed by atoms with E-state index in [4.69, 9.17) is 5.11 Å². The largest absolute Gasteiger partial charge is 0.481 e. The molecule has 1 saturated heterocycles. The maximum absolute atomic E-state index is 11.2. The van der Waals surface area contributed by atoms with Crippen molar-refractivity contribution in [3.63, 3.8) is 0 Å². The maximum Gasteiger partial charge on any atom is 0.306 e. The molecule has 0 aromatic carbocycles. The van der Waals surface area contributed by atoms with E-state index in [-0.39, 0.29) is 17.7 Å². The molecular formula is C12H19NO4. The minimum Gasteiger partial charge on any atom is -0.481 e. The fraction of sp³-hybridized carbons (Fsp3) is 0.833. The lowest BCUT2D eigenvalue weighted by Gasteiger charge is -2.49. The smallest absolute Gasteiger partial charge is 0.306 e. The van der Waals surface area contributed by atoms with E-state index in [2.05, 4.69) is 0 Å². The van der Waals surface area contributed by atoms with Crippen LogP contribution in [-0.4, -0.2) is 45.7 Å². The minimum absolute atomic E-state index is 0.0764. The highest BCUT2D eigenvalue weighted by atomic mass is 16.4. The zero-order valence-electron chi connectivity index (χ0n) is 10.1. The molecule has 1 saturated carbocycles. The molecule has 2 aliphatic rings.